The third-order valence-corrected chi connectivity index (χ3v) is 4.76. The number of halogens is 1. The molecule has 2 aromatic rings. The van der Waals surface area contributed by atoms with E-state index in [0.717, 1.165) is 35.9 Å². The van der Waals surface area contributed by atoms with E-state index in [1.54, 1.807) is 10.6 Å². The standard InChI is InChI=1S/C18H21FN2OS/c1-4-7-13(8-5-2)17(22)20-18-21(11-6-3)15-10-9-14(19)12-16(15)23-18/h3,9-10,12-13H,4-5,7-8,11H2,1-2H3. The summed E-state index contributed by atoms with van der Waals surface area (Å²) < 4.78 is 16.0. The summed E-state index contributed by atoms with van der Waals surface area (Å²) in [5.74, 6) is 2.11. The largest absolute Gasteiger partial charge is 0.305 e. The molecule has 2 rings (SSSR count). The predicted octanol–water partition coefficient (Wildman–Crippen LogP) is 4.12. The number of terminal acetylenes is 1. The maximum Gasteiger partial charge on any atom is 0.251 e. The molecule has 0 N–H and O–H groups in total. The van der Waals surface area contributed by atoms with E-state index in [0.29, 0.717) is 11.3 Å². The Kier molecular flexibility index (Phi) is 6.12. The normalized spacial score (nSPS) is 12.0. The molecule has 0 aliphatic heterocycles. The van der Waals surface area contributed by atoms with E-state index < -0.39 is 0 Å². The average Bonchev–Trinajstić information content (AvgIpc) is 2.84. The van der Waals surface area contributed by atoms with Gasteiger partial charge >= 0.3 is 0 Å². The van der Waals surface area contributed by atoms with Crippen molar-refractivity contribution in [2.45, 2.75) is 46.1 Å². The molecule has 1 aromatic carbocycles. The molecule has 0 aliphatic rings. The smallest absolute Gasteiger partial charge is 0.251 e. The lowest BCUT2D eigenvalue weighted by Gasteiger charge is -2.10. The Balaban J connectivity index is 2.50. The fraction of sp³-hybridized carbons (Fsp3) is 0.444. The van der Waals surface area contributed by atoms with Crippen LogP contribution in [0.1, 0.15) is 39.5 Å². The minimum absolute atomic E-state index is 0.0498. The molecule has 0 unspecified atom stereocenters. The lowest BCUT2D eigenvalue weighted by Crippen LogP contribution is -2.20. The first kappa shape index (κ1) is 17.4. The van der Waals surface area contributed by atoms with E-state index in [-0.39, 0.29) is 17.6 Å². The van der Waals surface area contributed by atoms with E-state index in [1.165, 1.54) is 23.5 Å². The minimum atomic E-state index is -0.306. The number of hydrogen-bond donors (Lipinski definition) is 0. The number of aromatic nitrogens is 1. The van der Waals surface area contributed by atoms with Gasteiger partial charge in [-0.25, -0.2) is 4.39 Å². The second-order valence-electron chi connectivity index (χ2n) is 5.51. The zero-order chi connectivity index (χ0) is 16.8. The van der Waals surface area contributed by atoms with Crippen LogP contribution in [0.4, 0.5) is 4.39 Å². The van der Waals surface area contributed by atoms with Gasteiger partial charge in [0.1, 0.15) is 5.82 Å². The van der Waals surface area contributed by atoms with Crippen LogP contribution in [0.2, 0.25) is 0 Å². The molecule has 0 atom stereocenters. The molecular weight excluding hydrogens is 311 g/mol. The van der Waals surface area contributed by atoms with E-state index in [1.807, 2.05) is 0 Å². The number of fused-ring (bicyclic) bond motifs is 1. The van der Waals surface area contributed by atoms with Gasteiger partial charge < -0.3 is 4.57 Å². The van der Waals surface area contributed by atoms with Gasteiger partial charge in [-0.3, -0.25) is 4.79 Å². The van der Waals surface area contributed by atoms with Gasteiger partial charge in [0.05, 0.1) is 16.8 Å². The van der Waals surface area contributed by atoms with Crippen molar-refractivity contribution in [1.29, 1.82) is 0 Å². The highest BCUT2D eigenvalue weighted by molar-refractivity contribution is 7.16. The van der Waals surface area contributed by atoms with Gasteiger partial charge in [0.2, 0.25) is 0 Å². The number of hydrogen-bond acceptors (Lipinski definition) is 2. The van der Waals surface area contributed by atoms with Crippen molar-refractivity contribution in [2.75, 3.05) is 0 Å². The molecule has 0 saturated carbocycles. The zero-order valence-corrected chi connectivity index (χ0v) is 14.3. The summed E-state index contributed by atoms with van der Waals surface area (Å²) in [7, 11) is 0. The zero-order valence-electron chi connectivity index (χ0n) is 13.5. The van der Waals surface area contributed by atoms with E-state index in [9.17, 15) is 9.18 Å². The second kappa shape index (κ2) is 8.07. The highest BCUT2D eigenvalue weighted by atomic mass is 32.1. The van der Waals surface area contributed by atoms with Gasteiger partial charge in [-0.1, -0.05) is 43.9 Å². The fourth-order valence-electron chi connectivity index (χ4n) is 2.65. The molecule has 1 aromatic heterocycles. The van der Waals surface area contributed by atoms with Crippen molar-refractivity contribution >= 4 is 27.5 Å². The highest BCUT2D eigenvalue weighted by Crippen LogP contribution is 2.19. The molecule has 23 heavy (non-hydrogen) atoms. The molecule has 0 radical (unpaired) electrons. The van der Waals surface area contributed by atoms with Crippen LogP contribution in [0.3, 0.4) is 0 Å². The van der Waals surface area contributed by atoms with Crippen molar-refractivity contribution in [3.63, 3.8) is 0 Å². The predicted molar refractivity (Wildman–Crippen MR) is 92.5 cm³/mol. The van der Waals surface area contributed by atoms with E-state index in [4.69, 9.17) is 6.42 Å². The maximum atomic E-state index is 13.4. The van der Waals surface area contributed by atoms with Crippen LogP contribution in [0.5, 0.6) is 0 Å². The topological polar surface area (TPSA) is 34.4 Å². The number of thiazole rings is 1. The van der Waals surface area contributed by atoms with Crippen molar-refractivity contribution in [1.82, 2.24) is 4.57 Å². The van der Waals surface area contributed by atoms with Crippen LogP contribution in [0, 0.1) is 24.1 Å². The van der Waals surface area contributed by atoms with Crippen LogP contribution in [0.25, 0.3) is 10.2 Å². The van der Waals surface area contributed by atoms with Crippen molar-refractivity contribution in [3.8, 4) is 12.3 Å². The molecule has 0 spiro atoms. The average molecular weight is 332 g/mol. The number of carbonyl (C=O) groups excluding carboxylic acids is 1. The molecular formula is C18H21FN2OS. The number of amides is 1. The van der Waals surface area contributed by atoms with Crippen LogP contribution < -0.4 is 4.80 Å². The van der Waals surface area contributed by atoms with Crippen molar-refractivity contribution < 1.29 is 9.18 Å². The van der Waals surface area contributed by atoms with Gasteiger partial charge in [-0.2, -0.15) is 4.99 Å². The van der Waals surface area contributed by atoms with E-state index >= 15 is 0 Å². The number of rotatable bonds is 6. The summed E-state index contributed by atoms with van der Waals surface area (Å²) in [5.41, 5.74) is 0.809. The molecule has 1 amide bonds. The van der Waals surface area contributed by atoms with Crippen LogP contribution in [-0.4, -0.2) is 10.5 Å². The van der Waals surface area contributed by atoms with Gasteiger partial charge in [0, 0.05) is 5.92 Å². The number of nitrogens with zero attached hydrogens (tertiary/aromatic N) is 2. The first-order valence-corrected chi connectivity index (χ1v) is 8.73. The van der Waals surface area contributed by atoms with Gasteiger partial charge in [0.25, 0.3) is 5.91 Å². The molecule has 1 heterocycles. The molecule has 0 saturated heterocycles. The molecule has 0 bridgehead atoms. The quantitative estimate of drug-likeness (QED) is 0.733. The first-order valence-electron chi connectivity index (χ1n) is 7.91. The minimum Gasteiger partial charge on any atom is -0.305 e. The highest BCUT2D eigenvalue weighted by Gasteiger charge is 2.17. The Morgan fingerprint density at radius 2 is 2.09 bits per heavy atom. The SMILES string of the molecule is C#CCn1c(=NC(=O)C(CCC)CCC)sc2cc(F)ccc21. The Labute approximate surface area is 139 Å². The van der Waals surface area contributed by atoms with Gasteiger partial charge in [-0.15, -0.1) is 6.42 Å². The number of benzene rings is 1. The summed E-state index contributed by atoms with van der Waals surface area (Å²) in [6.45, 7) is 4.44. The lowest BCUT2D eigenvalue weighted by atomic mass is 9.98. The molecule has 0 aliphatic carbocycles. The Bertz CT molecular complexity index is 791. The van der Waals surface area contributed by atoms with E-state index in [2.05, 4.69) is 24.8 Å². The second-order valence-corrected chi connectivity index (χ2v) is 6.52. The van der Waals surface area contributed by atoms with Gasteiger partial charge in [0.15, 0.2) is 4.80 Å². The third-order valence-electron chi connectivity index (χ3n) is 3.72. The summed E-state index contributed by atoms with van der Waals surface area (Å²) in [6, 6.07) is 4.52. The summed E-state index contributed by atoms with van der Waals surface area (Å²) >= 11 is 1.30. The van der Waals surface area contributed by atoms with Crippen LogP contribution >= 0.6 is 11.3 Å². The fourth-order valence-corrected chi connectivity index (χ4v) is 3.71. The van der Waals surface area contributed by atoms with Gasteiger partial charge in [-0.05, 0) is 31.0 Å². The first-order chi connectivity index (χ1) is 11.1. The Morgan fingerprint density at radius 1 is 1.39 bits per heavy atom. The van der Waals surface area contributed by atoms with Crippen LogP contribution in [-0.2, 0) is 11.3 Å². The summed E-state index contributed by atoms with van der Waals surface area (Å²) in [6.07, 6.45) is 9.01. The summed E-state index contributed by atoms with van der Waals surface area (Å²) in [5, 5.41) is 0. The Morgan fingerprint density at radius 3 is 2.70 bits per heavy atom. The molecule has 122 valence electrons. The lowest BCUT2D eigenvalue weighted by molar-refractivity contribution is -0.122. The third kappa shape index (κ3) is 4.08. The monoisotopic (exact) mass is 332 g/mol. The van der Waals surface area contributed by atoms with Crippen molar-refractivity contribution in [3.05, 3.63) is 28.8 Å². The van der Waals surface area contributed by atoms with Crippen molar-refractivity contribution in [2.24, 2.45) is 10.9 Å². The number of carbonyl (C=O) groups is 1. The Hall–Kier alpha value is -1.93. The molecule has 3 nitrogen and oxygen atoms in total. The van der Waals surface area contributed by atoms with Crippen LogP contribution in [0.15, 0.2) is 23.2 Å². The molecule has 0 fully saturated rings. The summed E-state index contributed by atoms with van der Waals surface area (Å²) in [4.78, 5) is 17.3. The maximum absolute atomic E-state index is 13.4. The molecule has 5 heteroatoms.